The quantitative estimate of drug-likeness (QED) is 0.169. The van der Waals surface area contributed by atoms with E-state index >= 15 is 14.4 Å². The third-order valence-electron chi connectivity index (χ3n) is 9.63. The molecule has 7 heteroatoms. The number of ketones is 3. The van der Waals surface area contributed by atoms with Gasteiger partial charge >= 0.3 is 0 Å². The van der Waals surface area contributed by atoms with Crippen LogP contribution < -0.4 is 14.4 Å². The van der Waals surface area contributed by atoms with Crippen molar-refractivity contribution in [2.24, 2.45) is 5.41 Å². The minimum absolute atomic E-state index is 0.210. The summed E-state index contributed by atoms with van der Waals surface area (Å²) in [6.07, 6.45) is 5.59. The minimum Gasteiger partial charge on any atom is -0.497 e. The molecule has 0 amide bonds. The highest BCUT2D eigenvalue weighted by atomic mass is 16.5. The lowest BCUT2D eigenvalue weighted by atomic mass is 9.64. The summed E-state index contributed by atoms with van der Waals surface area (Å²) in [5, 5.41) is 0.889. The number of fused-ring (bicyclic) bond motifs is 7. The Kier molecular flexibility index (Phi) is 6.00. The van der Waals surface area contributed by atoms with Crippen molar-refractivity contribution in [3.05, 3.63) is 137 Å². The Morgan fingerprint density at radius 2 is 1.56 bits per heavy atom. The Hall–Kier alpha value is -5.56. The van der Waals surface area contributed by atoms with Crippen LogP contribution in [0.5, 0.6) is 11.5 Å². The van der Waals surface area contributed by atoms with Gasteiger partial charge in [-0.15, -0.1) is 0 Å². The van der Waals surface area contributed by atoms with Crippen LogP contribution in [-0.4, -0.2) is 48.6 Å². The fourth-order valence-electron chi connectivity index (χ4n) is 7.78. The largest absolute Gasteiger partial charge is 0.497 e. The second-order valence-electron chi connectivity index (χ2n) is 11.6. The fraction of sp³-hybridized carbons (Fsp3) is 0.158. The third kappa shape index (κ3) is 3.58. The van der Waals surface area contributed by atoms with E-state index < -0.39 is 23.4 Å². The van der Waals surface area contributed by atoms with Gasteiger partial charge in [0.25, 0.3) is 0 Å². The van der Waals surface area contributed by atoms with E-state index in [0.29, 0.717) is 39.3 Å². The zero-order valence-electron chi connectivity index (χ0n) is 24.6. The van der Waals surface area contributed by atoms with Crippen molar-refractivity contribution in [2.45, 2.75) is 18.0 Å². The molecule has 45 heavy (non-hydrogen) atoms. The second-order valence-corrected chi connectivity index (χ2v) is 11.6. The van der Waals surface area contributed by atoms with E-state index in [1.54, 1.807) is 75.0 Å². The molecule has 1 spiro atoms. The maximum Gasteiger partial charge on any atom is 0.185 e. The van der Waals surface area contributed by atoms with E-state index in [2.05, 4.69) is 0 Å². The monoisotopic (exact) mass is 592 g/mol. The molecule has 0 radical (unpaired) electrons. The predicted molar refractivity (Wildman–Crippen MR) is 171 cm³/mol. The standard InChI is InChI=1S/C38H28N2O5/c1-44-25-17-18-29(45-2)28(21-25)31-34(35(41)24-9-4-3-5-10-24)40-30(38(31)36(42)26-12-6-7-13-27(26)37(38)43)19-16-23-15-14-22-11-8-20-39-32(22)33(23)40/h3-21,30-31,34H,1-2H3/t30-,31-,34+/m1/s1. The van der Waals surface area contributed by atoms with Crippen molar-refractivity contribution >= 4 is 40.0 Å². The van der Waals surface area contributed by atoms with Crippen LogP contribution in [0.4, 0.5) is 5.69 Å². The van der Waals surface area contributed by atoms with Crippen molar-refractivity contribution < 1.29 is 23.9 Å². The number of methoxy groups -OCH3 is 2. The van der Waals surface area contributed by atoms with Gasteiger partial charge in [-0.3, -0.25) is 19.4 Å². The summed E-state index contributed by atoms with van der Waals surface area (Å²) in [6, 6.07) is 27.4. The van der Waals surface area contributed by atoms with Crippen molar-refractivity contribution in [3.8, 4) is 11.5 Å². The summed E-state index contributed by atoms with van der Waals surface area (Å²) in [7, 11) is 3.11. The van der Waals surface area contributed by atoms with Crippen LogP contribution in [0.1, 0.15) is 48.1 Å². The number of anilines is 1. The third-order valence-corrected chi connectivity index (χ3v) is 9.63. The van der Waals surface area contributed by atoms with E-state index in [4.69, 9.17) is 14.5 Å². The van der Waals surface area contributed by atoms with Crippen LogP contribution in [0.2, 0.25) is 0 Å². The molecule has 0 unspecified atom stereocenters. The zero-order chi connectivity index (χ0) is 30.9. The average molecular weight is 593 g/mol. The summed E-state index contributed by atoms with van der Waals surface area (Å²) >= 11 is 0. The van der Waals surface area contributed by atoms with Gasteiger partial charge in [0, 0.05) is 39.8 Å². The van der Waals surface area contributed by atoms with Gasteiger partial charge in [-0.25, -0.2) is 0 Å². The van der Waals surface area contributed by atoms with Gasteiger partial charge in [-0.1, -0.05) is 84.9 Å². The molecule has 0 N–H and O–H groups in total. The first kappa shape index (κ1) is 27.0. The van der Waals surface area contributed by atoms with Crippen LogP contribution in [0.3, 0.4) is 0 Å². The fourth-order valence-corrected chi connectivity index (χ4v) is 7.78. The Bertz CT molecular complexity index is 2050. The number of carbonyl (C=O) groups excluding carboxylic acids is 3. The van der Waals surface area contributed by atoms with Crippen LogP contribution in [0, 0.1) is 5.41 Å². The number of ether oxygens (including phenoxy) is 2. The molecule has 3 atom stereocenters. The zero-order valence-corrected chi connectivity index (χ0v) is 24.6. The molecule has 4 aromatic carbocycles. The first-order valence-corrected chi connectivity index (χ1v) is 14.8. The molecular weight excluding hydrogens is 564 g/mol. The number of hydrogen-bond acceptors (Lipinski definition) is 7. The Morgan fingerprint density at radius 1 is 0.822 bits per heavy atom. The molecule has 0 saturated carbocycles. The second kappa shape index (κ2) is 9.99. The number of Topliss-reactive ketones (excluding diaryl/α,β-unsaturated/α-hetero) is 3. The smallest absolute Gasteiger partial charge is 0.185 e. The molecule has 7 nitrogen and oxygen atoms in total. The molecule has 220 valence electrons. The first-order valence-electron chi connectivity index (χ1n) is 14.8. The molecule has 1 aromatic heterocycles. The van der Waals surface area contributed by atoms with Crippen molar-refractivity contribution in [1.82, 2.24) is 4.98 Å². The molecule has 1 aliphatic carbocycles. The molecule has 3 aliphatic rings. The van der Waals surface area contributed by atoms with Crippen LogP contribution in [-0.2, 0) is 0 Å². The van der Waals surface area contributed by atoms with Crippen LogP contribution in [0.15, 0.2) is 109 Å². The van der Waals surface area contributed by atoms with Crippen molar-refractivity contribution in [1.29, 1.82) is 0 Å². The lowest BCUT2D eigenvalue weighted by molar-refractivity contribution is 0.0664. The Labute approximate surface area is 259 Å². The normalized spacial score (nSPS) is 20.7. The van der Waals surface area contributed by atoms with E-state index in [0.717, 1.165) is 16.6 Å². The number of aromatic nitrogens is 1. The van der Waals surface area contributed by atoms with Crippen molar-refractivity contribution in [2.75, 3.05) is 19.1 Å². The van der Waals surface area contributed by atoms with E-state index in [1.807, 2.05) is 59.5 Å². The lowest BCUT2D eigenvalue weighted by Gasteiger charge is -2.37. The maximum atomic E-state index is 15.0. The molecule has 1 saturated heterocycles. The Balaban J connectivity index is 1.51. The number of nitrogens with zero attached hydrogens (tertiary/aromatic N) is 2. The molecule has 3 heterocycles. The lowest BCUT2D eigenvalue weighted by Crippen LogP contribution is -2.48. The predicted octanol–water partition coefficient (Wildman–Crippen LogP) is 6.57. The van der Waals surface area contributed by atoms with Gasteiger partial charge in [0.2, 0.25) is 0 Å². The summed E-state index contributed by atoms with van der Waals surface area (Å²) in [5.41, 5.74) is 2.34. The minimum atomic E-state index is -1.68. The van der Waals surface area contributed by atoms with Gasteiger partial charge in [-0.2, -0.15) is 0 Å². The number of benzene rings is 4. The van der Waals surface area contributed by atoms with E-state index in [-0.39, 0.29) is 17.3 Å². The SMILES string of the molecule is COc1ccc(OC)c([C@@H]2[C@@H](C(=O)c3ccccc3)N3c4c(ccc5cccnc45)C=C[C@@H]3C23C(=O)c2ccccc2C3=O)c1. The van der Waals surface area contributed by atoms with Gasteiger partial charge in [0.15, 0.2) is 17.3 Å². The van der Waals surface area contributed by atoms with Gasteiger partial charge < -0.3 is 14.4 Å². The molecule has 8 rings (SSSR count). The van der Waals surface area contributed by atoms with Gasteiger partial charge in [0.1, 0.15) is 23.0 Å². The number of hydrogen-bond donors (Lipinski definition) is 0. The molecule has 5 aromatic rings. The highest BCUT2D eigenvalue weighted by Crippen LogP contribution is 2.62. The highest BCUT2D eigenvalue weighted by molar-refractivity contribution is 6.32. The molecule has 1 fully saturated rings. The molecule has 0 bridgehead atoms. The van der Waals surface area contributed by atoms with Crippen LogP contribution in [0.25, 0.3) is 17.0 Å². The molecular formula is C38H28N2O5. The summed E-state index contributed by atoms with van der Waals surface area (Å²) < 4.78 is 11.5. The topological polar surface area (TPSA) is 85.8 Å². The van der Waals surface area contributed by atoms with E-state index in [9.17, 15) is 0 Å². The van der Waals surface area contributed by atoms with E-state index in [1.165, 1.54) is 0 Å². The van der Waals surface area contributed by atoms with Crippen molar-refractivity contribution in [3.63, 3.8) is 0 Å². The van der Waals surface area contributed by atoms with Gasteiger partial charge in [0.05, 0.1) is 31.5 Å². The van der Waals surface area contributed by atoms with Crippen LogP contribution >= 0.6 is 0 Å². The maximum absolute atomic E-state index is 15.0. The number of rotatable bonds is 5. The summed E-state index contributed by atoms with van der Waals surface area (Å²) in [4.78, 5) is 51.8. The highest BCUT2D eigenvalue weighted by Gasteiger charge is 2.72. The average Bonchev–Trinajstić information content (AvgIpc) is 3.53. The first-order chi connectivity index (χ1) is 22.0. The summed E-state index contributed by atoms with van der Waals surface area (Å²) in [6.45, 7) is 0. The number of pyridine rings is 1. The Morgan fingerprint density at radius 3 is 2.27 bits per heavy atom. The van der Waals surface area contributed by atoms with Gasteiger partial charge in [-0.05, 0) is 29.8 Å². The molecule has 2 aliphatic heterocycles. The number of carbonyl (C=O) groups is 3. The summed E-state index contributed by atoms with van der Waals surface area (Å²) in [5.74, 6) is -0.784.